The van der Waals surface area contributed by atoms with Crippen LogP contribution < -0.4 is 4.74 Å². The van der Waals surface area contributed by atoms with E-state index >= 15 is 0 Å². The molecule has 1 saturated heterocycles. The van der Waals surface area contributed by atoms with Crippen molar-refractivity contribution < 1.29 is 9.53 Å². The van der Waals surface area contributed by atoms with E-state index in [1.54, 1.807) is 18.6 Å². The Morgan fingerprint density at radius 2 is 2.30 bits per heavy atom. The van der Waals surface area contributed by atoms with Gasteiger partial charge in [0.2, 0.25) is 11.8 Å². The highest BCUT2D eigenvalue weighted by atomic mass is 16.5. The van der Waals surface area contributed by atoms with E-state index < -0.39 is 0 Å². The van der Waals surface area contributed by atoms with Crippen LogP contribution in [0, 0.1) is 13.8 Å². The van der Waals surface area contributed by atoms with Gasteiger partial charge in [-0.3, -0.25) is 14.9 Å². The molecule has 1 amide bonds. The Morgan fingerprint density at radius 3 is 3.00 bits per heavy atom. The molecular formula is C16H21N5O2. The van der Waals surface area contributed by atoms with Crippen LogP contribution in [0.1, 0.15) is 29.8 Å². The summed E-state index contributed by atoms with van der Waals surface area (Å²) in [7, 11) is 0. The van der Waals surface area contributed by atoms with Crippen molar-refractivity contribution in [2.75, 3.05) is 13.1 Å². The summed E-state index contributed by atoms with van der Waals surface area (Å²) in [5.41, 5.74) is 3.16. The van der Waals surface area contributed by atoms with Gasteiger partial charge in [-0.05, 0) is 25.8 Å². The molecule has 1 N–H and O–H groups in total. The van der Waals surface area contributed by atoms with Crippen molar-refractivity contribution in [2.45, 2.75) is 39.2 Å². The Kier molecular flexibility index (Phi) is 4.55. The second kappa shape index (κ2) is 6.76. The van der Waals surface area contributed by atoms with Crippen LogP contribution in [0.5, 0.6) is 5.88 Å². The molecule has 0 saturated carbocycles. The molecule has 1 aliphatic heterocycles. The number of aromatic amines is 1. The molecule has 3 rings (SSSR count). The molecule has 1 aliphatic rings. The number of nitrogens with zero attached hydrogens (tertiary/aromatic N) is 4. The number of aryl methyl sites for hydroxylation is 2. The second-order valence-electron chi connectivity index (χ2n) is 5.82. The van der Waals surface area contributed by atoms with E-state index in [2.05, 4.69) is 20.2 Å². The smallest absolute Gasteiger partial charge is 0.232 e. The summed E-state index contributed by atoms with van der Waals surface area (Å²) in [4.78, 5) is 22.3. The first kappa shape index (κ1) is 15.5. The molecule has 0 radical (unpaired) electrons. The number of hydrogen-bond donors (Lipinski definition) is 1. The van der Waals surface area contributed by atoms with E-state index in [9.17, 15) is 4.79 Å². The summed E-state index contributed by atoms with van der Waals surface area (Å²) >= 11 is 0. The Labute approximate surface area is 135 Å². The van der Waals surface area contributed by atoms with Crippen LogP contribution in [-0.4, -0.2) is 50.2 Å². The molecule has 1 unspecified atom stereocenters. The predicted molar refractivity (Wildman–Crippen MR) is 84.0 cm³/mol. The van der Waals surface area contributed by atoms with Gasteiger partial charge in [0.1, 0.15) is 6.10 Å². The monoisotopic (exact) mass is 315 g/mol. The number of ether oxygens (including phenoxy) is 1. The van der Waals surface area contributed by atoms with Gasteiger partial charge in [0.25, 0.3) is 0 Å². The van der Waals surface area contributed by atoms with Gasteiger partial charge in [-0.1, -0.05) is 0 Å². The highest BCUT2D eigenvalue weighted by Gasteiger charge is 2.27. The minimum atomic E-state index is -0.00644. The molecule has 0 spiro atoms. The lowest BCUT2D eigenvalue weighted by Crippen LogP contribution is -2.31. The molecule has 1 atom stereocenters. The molecule has 0 aromatic carbocycles. The van der Waals surface area contributed by atoms with Gasteiger partial charge >= 0.3 is 0 Å². The number of carbonyl (C=O) groups is 1. The number of H-pyrrole nitrogens is 1. The van der Waals surface area contributed by atoms with E-state index in [0.29, 0.717) is 18.8 Å². The summed E-state index contributed by atoms with van der Waals surface area (Å²) in [6.45, 7) is 5.29. The van der Waals surface area contributed by atoms with E-state index in [1.807, 2.05) is 18.7 Å². The second-order valence-corrected chi connectivity index (χ2v) is 5.82. The van der Waals surface area contributed by atoms with Gasteiger partial charge in [-0.25, -0.2) is 4.98 Å². The van der Waals surface area contributed by atoms with Crippen LogP contribution in [0.4, 0.5) is 0 Å². The van der Waals surface area contributed by atoms with Gasteiger partial charge in [-0.2, -0.15) is 5.10 Å². The fraction of sp³-hybridized carbons (Fsp3) is 0.500. The van der Waals surface area contributed by atoms with Crippen molar-refractivity contribution in [3.63, 3.8) is 0 Å². The van der Waals surface area contributed by atoms with Crippen LogP contribution >= 0.6 is 0 Å². The van der Waals surface area contributed by atoms with Crippen LogP contribution in [0.15, 0.2) is 18.6 Å². The minimum Gasteiger partial charge on any atom is -0.471 e. The van der Waals surface area contributed by atoms with Crippen molar-refractivity contribution >= 4 is 5.91 Å². The van der Waals surface area contributed by atoms with Crippen molar-refractivity contribution in [2.24, 2.45) is 0 Å². The Morgan fingerprint density at radius 1 is 1.43 bits per heavy atom. The largest absolute Gasteiger partial charge is 0.471 e. The van der Waals surface area contributed by atoms with E-state index in [-0.39, 0.29) is 12.0 Å². The molecule has 1 fully saturated rings. The van der Waals surface area contributed by atoms with Crippen LogP contribution in [0.2, 0.25) is 0 Å². The van der Waals surface area contributed by atoms with Crippen molar-refractivity contribution in [1.82, 2.24) is 25.1 Å². The lowest BCUT2D eigenvalue weighted by atomic mass is 10.1. The zero-order valence-corrected chi connectivity index (χ0v) is 13.5. The van der Waals surface area contributed by atoms with E-state index in [1.165, 1.54) is 0 Å². The van der Waals surface area contributed by atoms with Crippen molar-refractivity contribution in [3.05, 3.63) is 35.5 Å². The van der Waals surface area contributed by atoms with E-state index in [0.717, 1.165) is 36.3 Å². The predicted octanol–water partition coefficient (Wildman–Crippen LogP) is 1.43. The quantitative estimate of drug-likeness (QED) is 0.902. The summed E-state index contributed by atoms with van der Waals surface area (Å²) in [5, 5.41) is 7.12. The number of carbonyl (C=O) groups excluding carboxylic acids is 1. The highest BCUT2D eigenvalue weighted by molar-refractivity contribution is 5.76. The zero-order valence-electron chi connectivity index (χ0n) is 13.5. The number of amides is 1. The molecular weight excluding hydrogens is 294 g/mol. The lowest BCUT2D eigenvalue weighted by molar-refractivity contribution is -0.130. The van der Waals surface area contributed by atoms with Crippen LogP contribution in [0.3, 0.4) is 0 Å². The minimum absolute atomic E-state index is 0.00644. The number of nitrogens with one attached hydrogen (secondary N) is 1. The fourth-order valence-corrected chi connectivity index (χ4v) is 2.90. The van der Waals surface area contributed by atoms with Gasteiger partial charge in [0.05, 0.1) is 18.4 Å². The van der Waals surface area contributed by atoms with Crippen LogP contribution in [-0.2, 0) is 11.2 Å². The summed E-state index contributed by atoms with van der Waals surface area (Å²) < 4.78 is 5.76. The first-order valence-corrected chi connectivity index (χ1v) is 7.84. The number of hydrogen-bond acceptors (Lipinski definition) is 5. The topological polar surface area (TPSA) is 84.0 Å². The average molecular weight is 315 g/mol. The SMILES string of the molecule is Cc1n[nH]c(C)c1CCC(=O)N1CCC(Oc2cnccn2)C1. The third-order valence-electron chi connectivity index (χ3n) is 4.19. The first-order chi connectivity index (χ1) is 11.1. The van der Waals surface area contributed by atoms with Crippen molar-refractivity contribution in [1.29, 1.82) is 0 Å². The Balaban J connectivity index is 1.49. The standard InChI is InChI=1S/C16H21N5O2/c1-11-14(12(2)20-19-11)3-4-16(22)21-8-5-13(10-21)23-15-9-17-6-7-18-15/h6-7,9,13H,3-5,8,10H2,1-2H3,(H,19,20). The summed E-state index contributed by atoms with van der Waals surface area (Å²) in [5.74, 6) is 0.673. The van der Waals surface area contributed by atoms with Gasteiger partial charge in [-0.15, -0.1) is 0 Å². The first-order valence-electron chi connectivity index (χ1n) is 7.84. The van der Waals surface area contributed by atoms with Gasteiger partial charge in [0, 0.05) is 37.5 Å². The van der Waals surface area contributed by atoms with E-state index in [4.69, 9.17) is 4.74 Å². The maximum atomic E-state index is 12.4. The van der Waals surface area contributed by atoms with Gasteiger partial charge < -0.3 is 9.64 Å². The molecule has 0 aliphatic carbocycles. The molecule has 3 heterocycles. The van der Waals surface area contributed by atoms with Crippen molar-refractivity contribution in [3.8, 4) is 5.88 Å². The molecule has 122 valence electrons. The summed E-state index contributed by atoms with van der Waals surface area (Å²) in [6.07, 6.45) is 6.84. The third kappa shape index (κ3) is 3.67. The lowest BCUT2D eigenvalue weighted by Gasteiger charge is -2.17. The molecule has 7 heteroatoms. The third-order valence-corrected chi connectivity index (χ3v) is 4.19. The fourth-order valence-electron chi connectivity index (χ4n) is 2.90. The molecule has 2 aromatic heterocycles. The maximum absolute atomic E-state index is 12.4. The molecule has 7 nitrogen and oxygen atoms in total. The van der Waals surface area contributed by atoms with Gasteiger partial charge in [0.15, 0.2) is 0 Å². The number of aromatic nitrogens is 4. The Bertz CT molecular complexity index is 651. The highest BCUT2D eigenvalue weighted by Crippen LogP contribution is 2.18. The zero-order chi connectivity index (χ0) is 16.2. The molecule has 0 bridgehead atoms. The number of rotatable bonds is 5. The maximum Gasteiger partial charge on any atom is 0.232 e. The average Bonchev–Trinajstić information content (AvgIpc) is 3.14. The summed E-state index contributed by atoms with van der Waals surface area (Å²) in [6, 6.07) is 0. The Hall–Kier alpha value is -2.44. The number of likely N-dealkylation sites (tertiary alicyclic amines) is 1. The molecule has 2 aromatic rings. The normalized spacial score (nSPS) is 17.5. The molecule has 23 heavy (non-hydrogen) atoms. The van der Waals surface area contributed by atoms with Crippen LogP contribution in [0.25, 0.3) is 0 Å².